The molecule has 34 heavy (non-hydrogen) atoms. The average Bonchev–Trinajstić information content (AvgIpc) is 2.76. The molecule has 0 aliphatic heterocycles. The van der Waals surface area contributed by atoms with Gasteiger partial charge in [0.05, 0.1) is 0 Å². The molecule has 5 aliphatic rings. The topological polar surface area (TPSA) is 60.2 Å². The van der Waals surface area contributed by atoms with E-state index in [0.29, 0.717) is 11.3 Å². The van der Waals surface area contributed by atoms with Gasteiger partial charge in [-0.05, 0) is 108 Å². The predicted octanol–water partition coefficient (Wildman–Crippen LogP) is 6.85. The first kappa shape index (κ1) is 23.8. The van der Waals surface area contributed by atoms with Gasteiger partial charge in [-0.25, -0.2) is 0 Å². The number of carbonyl (C=O) groups excluding carboxylic acids is 2. The zero-order chi connectivity index (χ0) is 24.9. The Morgan fingerprint density at radius 3 is 2.32 bits per heavy atom. The molecule has 7 unspecified atom stereocenters. The summed E-state index contributed by atoms with van der Waals surface area (Å²) in [6, 6.07) is 0. The maximum atomic E-state index is 12.6. The van der Waals surface area contributed by atoms with Crippen LogP contribution in [0.1, 0.15) is 93.4 Å². The van der Waals surface area contributed by atoms with Gasteiger partial charge in [0, 0.05) is 11.3 Å². The molecule has 0 bridgehead atoms. The molecule has 0 aromatic heterocycles. The van der Waals surface area contributed by atoms with Crippen molar-refractivity contribution in [2.45, 2.75) is 93.4 Å². The van der Waals surface area contributed by atoms with Gasteiger partial charge in [-0.15, -0.1) is 0 Å². The zero-order valence-electron chi connectivity index (χ0n) is 22.3. The highest BCUT2D eigenvalue weighted by Crippen LogP contribution is 2.75. The molecule has 0 heterocycles. The molecule has 3 nitrogen and oxygen atoms in total. The Morgan fingerprint density at radius 2 is 1.65 bits per heavy atom. The smallest absolute Gasteiger partial charge is 0.220 e. The van der Waals surface area contributed by atoms with Crippen molar-refractivity contribution in [2.24, 2.45) is 44.6 Å². The third-order valence-electron chi connectivity index (χ3n) is 12.2. The Bertz CT molecular complexity index is 1110. The summed E-state index contributed by atoms with van der Waals surface area (Å²) >= 11 is 0. The molecule has 3 fully saturated rings. The molecule has 7 atom stereocenters. The predicted molar refractivity (Wildman–Crippen MR) is 138 cm³/mol. The summed E-state index contributed by atoms with van der Waals surface area (Å²) in [7, 11) is 0. The number of hydrogen-bond acceptors (Lipinski definition) is 2. The van der Waals surface area contributed by atoms with Gasteiger partial charge in [0.25, 0.3) is 0 Å². The fraction of sp³-hybridized carbons (Fsp3) is 0.677. The number of fused-ring (bicyclic) bond motifs is 7. The van der Waals surface area contributed by atoms with E-state index in [2.05, 4.69) is 53.7 Å². The minimum absolute atomic E-state index is 0.0355. The normalized spacial score (nSPS) is 46.4. The number of ketones is 1. The first-order chi connectivity index (χ1) is 15.7. The molecule has 3 saturated carbocycles. The Kier molecular flexibility index (Phi) is 4.96. The molecule has 1 amide bonds. The second-order valence-corrected chi connectivity index (χ2v) is 13.7. The van der Waals surface area contributed by atoms with Gasteiger partial charge in [-0.3, -0.25) is 9.59 Å². The molecular weight excluding hydrogens is 418 g/mol. The number of hydrogen-bond donors (Lipinski definition) is 1. The van der Waals surface area contributed by atoms with E-state index in [-0.39, 0.29) is 39.3 Å². The van der Waals surface area contributed by atoms with Crippen LogP contribution in [-0.4, -0.2) is 11.7 Å². The van der Waals surface area contributed by atoms with Crippen LogP contribution < -0.4 is 5.73 Å². The van der Waals surface area contributed by atoms with Crippen LogP contribution in [0.2, 0.25) is 0 Å². The molecule has 5 aliphatic carbocycles. The first-order valence-electron chi connectivity index (χ1n) is 13.4. The SMILES string of the molecule is CC1=CC(=O)C=C2C1=CC=C1C2(C)CCC2(C)C3CC(C)(C(C)C(N)=O)CCC3(C)CCC12C. The van der Waals surface area contributed by atoms with E-state index < -0.39 is 0 Å². The summed E-state index contributed by atoms with van der Waals surface area (Å²) < 4.78 is 0. The second-order valence-electron chi connectivity index (χ2n) is 13.7. The quantitative estimate of drug-likeness (QED) is 0.489. The van der Waals surface area contributed by atoms with Gasteiger partial charge < -0.3 is 5.73 Å². The number of rotatable bonds is 2. The molecule has 0 radical (unpaired) electrons. The van der Waals surface area contributed by atoms with Crippen molar-refractivity contribution in [1.29, 1.82) is 0 Å². The lowest BCUT2D eigenvalue weighted by atomic mass is 9.34. The number of primary amides is 1. The van der Waals surface area contributed by atoms with Crippen LogP contribution in [0, 0.1) is 38.9 Å². The largest absolute Gasteiger partial charge is 0.369 e. The van der Waals surface area contributed by atoms with Crippen molar-refractivity contribution in [3.63, 3.8) is 0 Å². The lowest BCUT2D eigenvalue weighted by molar-refractivity contribution is -0.169. The third-order valence-corrected chi connectivity index (χ3v) is 12.2. The van der Waals surface area contributed by atoms with Gasteiger partial charge in [0.1, 0.15) is 0 Å². The molecule has 0 spiro atoms. The lowest BCUT2D eigenvalue weighted by Crippen LogP contribution is -2.62. The Morgan fingerprint density at radius 1 is 0.971 bits per heavy atom. The number of nitrogens with two attached hydrogens (primary N) is 1. The molecule has 5 rings (SSSR count). The molecule has 3 heteroatoms. The third kappa shape index (κ3) is 2.88. The van der Waals surface area contributed by atoms with E-state index in [0.717, 1.165) is 31.3 Å². The van der Waals surface area contributed by atoms with Crippen molar-refractivity contribution in [2.75, 3.05) is 0 Å². The maximum absolute atomic E-state index is 12.6. The summed E-state index contributed by atoms with van der Waals surface area (Å²) in [5.74, 6) is 0.426. The van der Waals surface area contributed by atoms with Gasteiger partial charge in [-0.2, -0.15) is 0 Å². The Labute approximate surface area is 206 Å². The van der Waals surface area contributed by atoms with Crippen LogP contribution in [0.15, 0.2) is 46.6 Å². The van der Waals surface area contributed by atoms with Crippen LogP contribution in [0.5, 0.6) is 0 Å². The highest BCUT2D eigenvalue weighted by Gasteiger charge is 2.67. The average molecular weight is 462 g/mol. The Hall–Kier alpha value is -1.90. The number of allylic oxidation sites excluding steroid dienone is 8. The highest BCUT2D eigenvalue weighted by molar-refractivity contribution is 6.04. The first-order valence-corrected chi connectivity index (χ1v) is 13.4. The molecule has 2 N–H and O–H groups in total. The van der Waals surface area contributed by atoms with E-state index in [1.165, 1.54) is 36.0 Å². The van der Waals surface area contributed by atoms with Gasteiger partial charge in [0.15, 0.2) is 5.78 Å². The summed E-state index contributed by atoms with van der Waals surface area (Å²) in [6.07, 6.45) is 16.4. The molecule has 0 saturated heterocycles. The van der Waals surface area contributed by atoms with E-state index in [9.17, 15) is 9.59 Å². The van der Waals surface area contributed by atoms with E-state index in [1.54, 1.807) is 6.08 Å². The van der Waals surface area contributed by atoms with Crippen LogP contribution in [0.4, 0.5) is 0 Å². The van der Waals surface area contributed by atoms with Crippen LogP contribution in [0.3, 0.4) is 0 Å². The van der Waals surface area contributed by atoms with Crippen LogP contribution in [-0.2, 0) is 9.59 Å². The van der Waals surface area contributed by atoms with Crippen LogP contribution >= 0.6 is 0 Å². The van der Waals surface area contributed by atoms with E-state index in [1.807, 2.05) is 13.0 Å². The minimum atomic E-state index is -0.156. The fourth-order valence-electron chi connectivity index (χ4n) is 9.20. The maximum Gasteiger partial charge on any atom is 0.220 e. The summed E-state index contributed by atoms with van der Waals surface area (Å²) in [4.78, 5) is 24.8. The highest BCUT2D eigenvalue weighted by atomic mass is 16.1. The second kappa shape index (κ2) is 7.08. The van der Waals surface area contributed by atoms with E-state index >= 15 is 0 Å². The fourth-order valence-corrected chi connectivity index (χ4v) is 9.20. The summed E-state index contributed by atoms with van der Waals surface area (Å²) in [6.45, 7) is 16.4. The van der Waals surface area contributed by atoms with Crippen molar-refractivity contribution in [3.05, 3.63) is 46.6 Å². The van der Waals surface area contributed by atoms with Crippen molar-refractivity contribution < 1.29 is 9.59 Å². The minimum Gasteiger partial charge on any atom is -0.369 e. The van der Waals surface area contributed by atoms with Crippen LogP contribution in [0.25, 0.3) is 0 Å². The van der Waals surface area contributed by atoms with Gasteiger partial charge in [0.2, 0.25) is 5.91 Å². The lowest BCUT2D eigenvalue weighted by Gasteiger charge is -2.70. The zero-order valence-corrected chi connectivity index (χ0v) is 22.3. The Balaban J connectivity index is 1.61. The van der Waals surface area contributed by atoms with Gasteiger partial charge >= 0.3 is 0 Å². The molecule has 0 aromatic carbocycles. The number of amides is 1. The molecule has 0 aromatic rings. The van der Waals surface area contributed by atoms with Crippen molar-refractivity contribution in [1.82, 2.24) is 0 Å². The monoisotopic (exact) mass is 461 g/mol. The standard InChI is InChI=1S/C31H43NO2/c1-19-16-21(33)17-23-22(19)8-9-24-29(23,5)13-15-31(7)25-18-28(4,20(2)26(32)34)11-10-27(25,3)12-14-30(24,31)6/h8-9,16-17,20,25H,10-15,18H2,1-7H3,(H2,32,34). The van der Waals surface area contributed by atoms with Crippen molar-refractivity contribution in [3.8, 4) is 0 Å². The molecule has 184 valence electrons. The molecular formula is C31H43NO2. The number of carbonyl (C=O) groups is 2. The summed E-state index contributed by atoms with van der Waals surface area (Å²) in [5.41, 5.74) is 11.4. The van der Waals surface area contributed by atoms with Gasteiger partial charge in [-0.1, -0.05) is 59.3 Å². The van der Waals surface area contributed by atoms with E-state index in [4.69, 9.17) is 5.73 Å². The summed E-state index contributed by atoms with van der Waals surface area (Å²) in [5, 5.41) is 0. The van der Waals surface area contributed by atoms with Crippen molar-refractivity contribution >= 4 is 11.7 Å².